The first-order valence-electron chi connectivity index (χ1n) is 6.52. The molecule has 0 radical (unpaired) electrons. The van der Waals surface area contributed by atoms with Crippen LogP contribution >= 0.6 is 11.6 Å². The third-order valence-corrected chi connectivity index (χ3v) is 3.53. The van der Waals surface area contributed by atoms with Gasteiger partial charge in [-0.1, -0.05) is 11.6 Å². The maximum Gasteiger partial charge on any atom is 0.171 e. The van der Waals surface area contributed by atoms with Crippen molar-refractivity contribution in [2.45, 2.75) is 13.8 Å². The molecule has 1 aromatic carbocycles. The zero-order valence-corrected chi connectivity index (χ0v) is 12.5. The minimum atomic E-state index is -0.563. The number of hydrogen-bond acceptors (Lipinski definition) is 4. The molecule has 2 rings (SSSR count). The fraction of sp³-hybridized carbons (Fsp3) is 0.286. The van der Waals surface area contributed by atoms with Gasteiger partial charge in [0.15, 0.2) is 5.82 Å². The van der Waals surface area contributed by atoms with E-state index in [4.69, 9.17) is 17.3 Å². The number of nitriles is 1. The average Bonchev–Trinajstić information content (AvgIpc) is 2.80. The van der Waals surface area contributed by atoms with Crippen LogP contribution in [0.5, 0.6) is 0 Å². The fourth-order valence-corrected chi connectivity index (χ4v) is 2.20. The maximum absolute atomic E-state index is 13.6. The molecule has 110 valence electrons. The van der Waals surface area contributed by atoms with Crippen molar-refractivity contribution in [1.82, 2.24) is 9.78 Å². The molecular weight excluding hydrogens is 293 g/mol. The van der Waals surface area contributed by atoms with Crippen LogP contribution in [0.1, 0.15) is 19.4 Å². The molecule has 0 aliphatic heterocycles. The summed E-state index contributed by atoms with van der Waals surface area (Å²) in [5.74, 6) is 0.114. The molecule has 0 fully saturated rings. The van der Waals surface area contributed by atoms with Crippen molar-refractivity contribution in [3.63, 3.8) is 0 Å². The first-order chi connectivity index (χ1) is 10.0. The Labute approximate surface area is 127 Å². The summed E-state index contributed by atoms with van der Waals surface area (Å²) in [5.41, 5.74) is 6.68. The lowest BCUT2D eigenvalue weighted by atomic mass is 10.3. The Morgan fingerprint density at radius 1 is 1.43 bits per heavy atom. The summed E-state index contributed by atoms with van der Waals surface area (Å²) in [4.78, 5) is 1.91. The summed E-state index contributed by atoms with van der Waals surface area (Å²) in [7, 11) is 0. The van der Waals surface area contributed by atoms with E-state index in [1.165, 1.54) is 16.8 Å². The number of hydrogen-bond donors (Lipinski definition) is 1. The Balaban J connectivity index is 2.60. The topological polar surface area (TPSA) is 70.9 Å². The molecule has 0 saturated heterocycles. The third-order valence-electron chi connectivity index (χ3n) is 3.23. The highest BCUT2D eigenvalue weighted by Crippen LogP contribution is 2.28. The van der Waals surface area contributed by atoms with Gasteiger partial charge in [-0.25, -0.2) is 9.07 Å². The van der Waals surface area contributed by atoms with Gasteiger partial charge >= 0.3 is 0 Å². The number of benzene rings is 1. The van der Waals surface area contributed by atoms with Gasteiger partial charge in [0.05, 0.1) is 10.7 Å². The molecule has 0 saturated carbocycles. The highest BCUT2D eigenvalue weighted by atomic mass is 35.5. The molecule has 0 aliphatic rings. The lowest BCUT2D eigenvalue weighted by Gasteiger charge is -2.17. The lowest BCUT2D eigenvalue weighted by molar-refractivity contribution is 0.626. The molecule has 2 N–H and O–H groups in total. The SMILES string of the molecule is CCN(CC)c1nn(-c2ccc(Cl)c(F)c2)c(N)c1C#N. The van der Waals surface area contributed by atoms with Crippen LogP contribution in [-0.4, -0.2) is 22.9 Å². The largest absolute Gasteiger partial charge is 0.382 e. The quantitative estimate of drug-likeness (QED) is 0.942. The van der Waals surface area contributed by atoms with Crippen LogP contribution in [0, 0.1) is 17.1 Å². The van der Waals surface area contributed by atoms with Gasteiger partial charge in [0, 0.05) is 19.2 Å². The number of nitrogens with two attached hydrogens (primary N) is 1. The van der Waals surface area contributed by atoms with Gasteiger partial charge in [0.25, 0.3) is 0 Å². The zero-order valence-electron chi connectivity index (χ0n) is 11.8. The zero-order chi connectivity index (χ0) is 15.6. The van der Waals surface area contributed by atoms with Crippen molar-refractivity contribution < 1.29 is 4.39 Å². The molecule has 0 unspecified atom stereocenters. The van der Waals surface area contributed by atoms with Gasteiger partial charge < -0.3 is 10.6 Å². The van der Waals surface area contributed by atoms with Crippen molar-refractivity contribution in [3.05, 3.63) is 34.6 Å². The summed E-state index contributed by atoms with van der Waals surface area (Å²) in [6.45, 7) is 5.30. The van der Waals surface area contributed by atoms with E-state index in [-0.39, 0.29) is 16.4 Å². The van der Waals surface area contributed by atoms with Crippen LogP contribution in [0.2, 0.25) is 5.02 Å². The number of aromatic nitrogens is 2. The third kappa shape index (κ3) is 2.65. The fourth-order valence-electron chi connectivity index (χ4n) is 2.08. The Kier molecular flexibility index (Phi) is 4.34. The van der Waals surface area contributed by atoms with E-state index in [0.29, 0.717) is 24.6 Å². The van der Waals surface area contributed by atoms with E-state index in [1.54, 1.807) is 6.07 Å². The normalized spacial score (nSPS) is 10.4. The summed E-state index contributed by atoms with van der Waals surface area (Å²) < 4.78 is 14.9. The minimum absolute atomic E-state index is 0.0222. The van der Waals surface area contributed by atoms with Crippen molar-refractivity contribution in [2.24, 2.45) is 0 Å². The smallest absolute Gasteiger partial charge is 0.171 e. The van der Waals surface area contributed by atoms with Crippen LogP contribution in [-0.2, 0) is 0 Å². The summed E-state index contributed by atoms with van der Waals surface area (Å²) in [6.07, 6.45) is 0. The van der Waals surface area contributed by atoms with Crippen molar-refractivity contribution >= 4 is 23.2 Å². The van der Waals surface area contributed by atoms with Crippen LogP contribution in [0.15, 0.2) is 18.2 Å². The summed E-state index contributed by atoms with van der Waals surface area (Å²) >= 11 is 5.67. The molecule has 0 spiro atoms. The second kappa shape index (κ2) is 6.02. The van der Waals surface area contributed by atoms with Crippen LogP contribution in [0.4, 0.5) is 16.0 Å². The van der Waals surface area contributed by atoms with Crippen LogP contribution < -0.4 is 10.6 Å². The predicted molar refractivity (Wildman–Crippen MR) is 81.2 cm³/mol. The van der Waals surface area contributed by atoms with Crippen molar-refractivity contribution in [2.75, 3.05) is 23.7 Å². The Bertz CT molecular complexity index is 700. The van der Waals surface area contributed by atoms with Crippen molar-refractivity contribution in [3.8, 4) is 11.8 Å². The number of halogens is 2. The summed E-state index contributed by atoms with van der Waals surface area (Å²) in [6, 6.07) is 6.32. The van der Waals surface area contributed by atoms with Gasteiger partial charge in [-0.3, -0.25) is 0 Å². The highest BCUT2D eigenvalue weighted by Gasteiger charge is 2.20. The average molecular weight is 308 g/mol. The first-order valence-corrected chi connectivity index (χ1v) is 6.90. The van der Waals surface area contributed by atoms with Gasteiger partial charge in [0.1, 0.15) is 23.3 Å². The van der Waals surface area contributed by atoms with E-state index in [9.17, 15) is 9.65 Å². The molecule has 1 heterocycles. The molecular formula is C14H15ClFN5. The number of anilines is 2. The Morgan fingerprint density at radius 2 is 2.10 bits per heavy atom. The van der Waals surface area contributed by atoms with E-state index in [1.807, 2.05) is 18.7 Å². The molecule has 2 aromatic rings. The molecule has 0 atom stereocenters. The molecule has 7 heteroatoms. The minimum Gasteiger partial charge on any atom is -0.382 e. The molecule has 0 bridgehead atoms. The second-order valence-electron chi connectivity index (χ2n) is 4.38. The maximum atomic E-state index is 13.6. The van der Waals surface area contributed by atoms with E-state index < -0.39 is 5.82 Å². The number of nitrogen functional groups attached to an aromatic ring is 1. The molecule has 1 aromatic heterocycles. The van der Waals surface area contributed by atoms with E-state index in [2.05, 4.69) is 11.2 Å². The molecule has 0 aliphatic carbocycles. The second-order valence-corrected chi connectivity index (χ2v) is 4.79. The van der Waals surface area contributed by atoms with Crippen molar-refractivity contribution in [1.29, 1.82) is 5.26 Å². The molecule has 21 heavy (non-hydrogen) atoms. The standard InChI is InChI=1S/C14H15ClFN5/c1-3-20(4-2)14-10(8-17)13(18)21(19-14)9-5-6-11(15)12(16)7-9/h5-7H,3-4,18H2,1-2H3. The molecule has 5 nitrogen and oxygen atoms in total. The first kappa shape index (κ1) is 15.1. The van der Waals surface area contributed by atoms with E-state index >= 15 is 0 Å². The Morgan fingerprint density at radius 3 is 2.62 bits per heavy atom. The van der Waals surface area contributed by atoms with Gasteiger partial charge in [-0.2, -0.15) is 5.26 Å². The number of nitrogens with zero attached hydrogens (tertiary/aromatic N) is 4. The highest BCUT2D eigenvalue weighted by molar-refractivity contribution is 6.30. The molecule has 0 amide bonds. The van der Waals surface area contributed by atoms with E-state index in [0.717, 1.165) is 0 Å². The number of rotatable bonds is 4. The monoisotopic (exact) mass is 307 g/mol. The lowest BCUT2D eigenvalue weighted by Crippen LogP contribution is -2.23. The summed E-state index contributed by atoms with van der Waals surface area (Å²) in [5, 5.41) is 13.7. The van der Waals surface area contributed by atoms with Gasteiger partial charge in [-0.05, 0) is 26.0 Å². The predicted octanol–water partition coefficient (Wildman–Crippen LogP) is 2.96. The van der Waals surface area contributed by atoms with Crippen LogP contribution in [0.25, 0.3) is 5.69 Å². The van der Waals surface area contributed by atoms with Crippen LogP contribution in [0.3, 0.4) is 0 Å². The Hall–Kier alpha value is -2.26. The van der Waals surface area contributed by atoms with Gasteiger partial charge in [0.2, 0.25) is 0 Å². The van der Waals surface area contributed by atoms with Gasteiger partial charge in [-0.15, -0.1) is 5.10 Å².